The summed E-state index contributed by atoms with van der Waals surface area (Å²) in [5.41, 5.74) is 5.92. The lowest BCUT2D eigenvalue weighted by molar-refractivity contribution is 0.101. The van der Waals surface area contributed by atoms with Crippen molar-refractivity contribution >= 4 is 17.4 Å². The Morgan fingerprint density at radius 1 is 1.53 bits per heavy atom. The molecule has 0 aliphatic heterocycles. The van der Waals surface area contributed by atoms with E-state index < -0.39 is 5.91 Å². The molecule has 0 fully saturated rings. The van der Waals surface area contributed by atoms with Crippen molar-refractivity contribution in [3.63, 3.8) is 0 Å². The van der Waals surface area contributed by atoms with Crippen LogP contribution >= 0.6 is 0 Å². The molecular formula is C9H12N6O2. The lowest BCUT2D eigenvalue weighted by atomic mass is 10.4. The van der Waals surface area contributed by atoms with E-state index in [9.17, 15) is 4.79 Å². The van der Waals surface area contributed by atoms with Gasteiger partial charge in [-0.1, -0.05) is 0 Å². The average Bonchev–Trinajstić information content (AvgIpc) is 2.86. The van der Waals surface area contributed by atoms with E-state index >= 15 is 0 Å². The predicted octanol–water partition coefficient (Wildman–Crippen LogP) is 0.681. The maximum Gasteiger partial charge on any atom is 0.281 e. The van der Waals surface area contributed by atoms with Crippen LogP contribution in [-0.4, -0.2) is 26.0 Å². The number of nitrogens with two attached hydrogens (primary N) is 1. The normalized spacial score (nSPS) is 10.8. The van der Waals surface area contributed by atoms with Crippen LogP contribution in [0.3, 0.4) is 0 Å². The highest BCUT2D eigenvalue weighted by molar-refractivity contribution is 6.05. The third kappa shape index (κ3) is 2.25. The van der Waals surface area contributed by atoms with Gasteiger partial charge in [0.2, 0.25) is 11.5 Å². The molecule has 0 spiro atoms. The van der Waals surface area contributed by atoms with Gasteiger partial charge in [-0.05, 0) is 24.2 Å². The maximum atomic E-state index is 11.7. The summed E-state index contributed by atoms with van der Waals surface area (Å²) in [5.74, 6) is -0.522. The molecule has 2 aromatic rings. The van der Waals surface area contributed by atoms with Crippen LogP contribution in [0.25, 0.3) is 0 Å². The van der Waals surface area contributed by atoms with Gasteiger partial charge in [0.1, 0.15) is 0 Å². The molecule has 0 aliphatic rings. The summed E-state index contributed by atoms with van der Waals surface area (Å²) in [6.07, 6.45) is 3.26. The third-order valence-electron chi connectivity index (χ3n) is 2.12. The topological polar surface area (TPSA) is 112 Å². The fourth-order valence-electron chi connectivity index (χ4n) is 1.23. The van der Waals surface area contributed by atoms with Gasteiger partial charge in [0, 0.05) is 12.2 Å². The molecule has 17 heavy (non-hydrogen) atoms. The van der Waals surface area contributed by atoms with E-state index in [1.165, 1.54) is 0 Å². The first-order chi connectivity index (χ1) is 8.08. The Bertz CT molecular complexity index is 529. The Morgan fingerprint density at radius 2 is 2.29 bits per heavy atom. The molecule has 0 saturated carbocycles. The Morgan fingerprint density at radius 3 is 2.82 bits per heavy atom. The first-order valence-electron chi connectivity index (χ1n) is 5.01. The lowest BCUT2D eigenvalue weighted by Gasteiger charge is -2.03. The summed E-state index contributed by atoms with van der Waals surface area (Å²) in [7, 11) is 0. The molecule has 2 aromatic heterocycles. The van der Waals surface area contributed by atoms with Gasteiger partial charge in [0.25, 0.3) is 5.91 Å². The van der Waals surface area contributed by atoms with Crippen LogP contribution < -0.4 is 11.1 Å². The highest BCUT2D eigenvalue weighted by Crippen LogP contribution is 2.12. The smallest absolute Gasteiger partial charge is 0.281 e. The molecule has 0 aliphatic carbocycles. The van der Waals surface area contributed by atoms with Gasteiger partial charge < -0.3 is 11.1 Å². The van der Waals surface area contributed by atoms with Gasteiger partial charge >= 0.3 is 0 Å². The van der Waals surface area contributed by atoms with Gasteiger partial charge in [0.05, 0.1) is 11.9 Å². The summed E-state index contributed by atoms with van der Waals surface area (Å²) in [6, 6.07) is 0.222. The number of nitrogens with zero attached hydrogens (tertiary/aromatic N) is 4. The highest BCUT2D eigenvalue weighted by atomic mass is 16.6. The van der Waals surface area contributed by atoms with Crippen LogP contribution in [0.1, 0.15) is 30.4 Å². The van der Waals surface area contributed by atoms with Crippen LogP contribution in [0, 0.1) is 0 Å². The quantitative estimate of drug-likeness (QED) is 0.810. The van der Waals surface area contributed by atoms with Crippen molar-refractivity contribution in [2.45, 2.75) is 19.9 Å². The van der Waals surface area contributed by atoms with Crippen molar-refractivity contribution in [2.75, 3.05) is 11.1 Å². The number of anilines is 2. The minimum Gasteiger partial charge on any atom is -0.379 e. The molecule has 8 nitrogen and oxygen atoms in total. The fourth-order valence-corrected chi connectivity index (χ4v) is 1.23. The van der Waals surface area contributed by atoms with E-state index in [2.05, 4.69) is 25.4 Å². The van der Waals surface area contributed by atoms with Crippen LogP contribution in [0.5, 0.6) is 0 Å². The highest BCUT2D eigenvalue weighted by Gasteiger charge is 2.16. The molecule has 90 valence electrons. The fraction of sp³-hybridized carbons (Fsp3) is 0.333. The van der Waals surface area contributed by atoms with Crippen molar-refractivity contribution in [3.8, 4) is 0 Å². The van der Waals surface area contributed by atoms with Crippen LogP contribution in [0.15, 0.2) is 17.0 Å². The van der Waals surface area contributed by atoms with Crippen molar-refractivity contribution in [2.24, 2.45) is 0 Å². The molecule has 0 bridgehead atoms. The summed E-state index contributed by atoms with van der Waals surface area (Å²) >= 11 is 0. The largest absolute Gasteiger partial charge is 0.379 e. The van der Waals surface area contributed by atoms with Gasteiger partial charge in [-0.25, -0.2) is 4.63 Å². The molecule has 0 aromatic carbocycles. The first kappa shape index (κ1) is 11.1. The number of carbonyl (C=O) groups excluding carboxylic acids is 1. The minimum absolute atomic E-state index is 0.0395. The van der Waals surface area contributed by atoms with Crippen molar-refractivity contribution in [1.29, 1.82) is 0 Å². The van der Waals surface area contributed by atoms with Gasteiger partial charge in [0.15, 0.2) is 0 Å². The Balaban J connectivity index is 2.11. The van der Waals surface area contributed by atoms with Crippen LogP contribution in [-0.2, 0) is 0 Å². The lowest BCUT2D eigenvalue weighted by Crippen LogP contribution is -2.13. The Kier molecular flexibility index (Phi) is 2.77. The summed E-state index contributed by atoms with van der Waals surface area (Å²) in [5, 5.41) is 13.4. The number of hydrogen-bond acceptors (Lipinski definition) is 6. The third-order valence-corrected chi connectivity index (χ3v) is 2.12. The van der Waals surface area contributed by atoms with Crippen molar-refractivity contribution in [3.05, 3.63) is 18.1 Å². The molecule has 1 amide bonds. The molecule has 8 heteroatoms. The molecule has 0 saturated heterocycles. The number of amides is 1. The monoisotopic (exact) mass is 236 g/mol. The number of hydrogen-bond donors (Lipinski definition) is 2. The number of nitrogens with one attached hydrogen (secondary N) is 1. The zero-order valence-corrected chi connectivity index (χ0v) is 9.41. The van der Waals surface area contributed by atoms with Gasteiger partial charge in [-0.3, -0.25) is 9.48 Å². The minimum atomic E-state index is -0.480. The summed E-state index contributed by atoms with van der Waals surface area (Å²) in [6.45, 7) is 3.97. The number of nitrogen functional groups attached to an aromatic ring is 1. The molecule has 3 N–H and O–H groups in total. The first-order valence-corrected chi connectivity index (χ1v) is 5.01. The molecule has 2 heterocycles. The SMILES string of the molecule is CC(C)n1cc(NC(=O)c2nonc2N)cn1. The van der Waals surface area contributed by atoms with E-state index in [0.717, 1.165) is 0 Å². The predicted molar refractivity (Wildman–Crippen MR) is 59.3 cm³/mol. The second-order valence-corrected chi connectivity index (χ2v) is 3.75. The van der Waals surface area contributed by atoms with E-state index in [4.69, 9.17) is 5.73 Å². The van der Waals surface area contributed by atoms with Crippen LogP contribution in [0.4, 0.5) is 11.5 Å². The van der Waals surface area contributed by atoms with Gasteiger partial charge in [-0.15, -0.1) is 0 Å². The zero-order valence-electron chi connectivity index (χ0n) is 9.41. The maximum absolute atomic E-state index is 11.7. The number of carbonyl (C=O) groups is 1. The molecule has 0 atom stereocenters. The van der Waals surface area contributed by atoms with Crippen LogP contribution in [0.2, 0.25) is 0 Å². The average molecular weight is 236 g/mol. The Labute approximate surface area is 96.7 Å². The molecular weight excluding hydrogens is 224 g/mol. The molecule has 0 unspecified atom stereocenters. The van der Waals surface area contributed by atoms with Crippen molar-refractivity contribution < 1.29 is 9.42 Å². The number of rotatable bonds is 3. The molecule has 0 radical (unpaired) electrons. The van der Waals surface area contributed by atoms with E-state index in [-0.39, 0.29) is 17.6 Å². The zero-order chi connectivity index (χ0) is 12.4. The molecule has 2 rings (SSSR count). The second-order valence-electron chi connectivity index (χ2n) is 3.75. The summed E-state index contributed by atoms with van der Waals surface area (Å²) in [4.78, 5) is 11.7. The van der Waals surface area contributed by atoms with Gasteiger partial charge in [-0.2, -0.15) is 5.10 Å². The van der Waals surface area contributed by atoms with Crippen molar-refractivity contribution in [1.82, 2.24) is 20.1 Å². The standard InChI is InChI=1S/C9H12N6O2/c1-5(2)15-4-6(3-11-15)12-9(16)7-8(10)14-17-13-7/h3-5H,1-2H3,(H2,10,14)(H,12,16). The Hall–Kier alpha value is -2.38. The second kappa shape index (κ2) is 4.24. The van der Waals surface area contributed by atoms with E-state index in [0.29, 0.717) is 5.69 Å². The van der Waals surface area contributed by atoms with E-state index in [1.807, 2.05) is 13.8 Å². The number of aromatic nitrogens is 4. The van der Waals surface area contributed by atoms with E-state index in [1.54, 1.807) is 17.1 Å². The summed E-state index contributed by atoms with van der Waals surface area (Å²) < 4.78 is 6.06.